The molecule has 8 nitrogen and oxygen atoms in total. The number of carbonyl (C=O) groups is 2. The van der Waals surface area contributed by atoms with Gasteiger partial charge in [0, 0.05) is 41.7 Å². The van der Waals surface area contributed by atoms with E-state index < -0.39 is 17.0 Å². The number of carbonyl (C=O) groups excluding carboxylic acids is 2. The van der Waals surface area contributed by atoms with E-state index in [1.54, 1.807) is 21.9 Å². The fraction of sp³-hybridized carbons (Fsp3) is 0.185. The molecule has 0 saturated carbocycles. The number of para-hydroxylation sites is 1. The molecule has 8 heteroatoms. The first kappa shape index (κ1) is 21.1. The van der Waals surface area contributed by atoms with Gasteiger partial charge >= 0.3 is 0 Å². The fourth-order valence-corrected chi connectivity index (χ4v) is 5.39. The summed E-state index contributed by atoms with van der Waals surface area (Å²) in [7, 11) is 0. The Hall–Kier alpha value is -4.46. The van der Waals surface area contributed by atoms with Crippen LogP contribution in [0.3, 0.4) is 0 Å². The highest BCUT2D eigenvalue weighted by molar-refractivity contribution is 5.97. The van der Waals surface area contributed by atoms with Crippen LogP contribution in [0, 0.1) is 10.1 Å². The lowest BCUT2D eigenvalue weighted by Gasteiger charge is -2.47. The Balaban J connectivity index is 1.45. The van der Waals surface area contributed by atoms with E-state index in [4.69, 9.17) is 0 Å². The van der Waals surface area contributed by atoms with E-state index in [2.05, 4.69) is 4.98 Å². The van der Waals surface area contributed by atoms with Crippen molar-refractivity contribution in [2.24, 2.45) is 0 Å². The number of rotatable bonds is 4. The molecular weight excluding hydrogens is 444 g/mol. The molecule has 1 fully saturated rings. The third-order valence-electron chi connectivity index (χ3n) is 6.98. The average molecular weight is 466 g/mol. The number of nitro groups is 1. The summed E-state index contributed by atoms with van der Waals surface area (Å²) >= 11 is 0. The van der Waals surface area contributed by atoms with E-state index in [1.165, 1.54) is 12.1 Å². The van der Waals surface area contributed by atoms with Gasteiger partial charge in [0.05, 0.1) is 11.0 Å². The van der Waals surface area contributed by atoms with Crippen LogP contribution in [0.5, 0.6) is 0 Å². The highest BCUT2D eigenvalue weighted by Gasteiger charge is 2.48. The summed E-state index contributed by atoms with van der Waals surface area (Å²) in [5, 5.41) is 12.2. The number of nitrogens with zero attached hydrogens (tertiary/aromatic N) is 3. The average Bonchev–Trinajstić information content (AvgIpc) is 3.25. The molecule has 35 heavy (non-hydrogen) atoms. The number of hydrogen-bond donors (Lipinski definition) is 1. The summed E-state index contributed by atoms with van der Waals surface area (Å²) < 4.78 is 0. The van der Waals surface area contributed by atoms with Crippen molar-refractivity contribution in [3.63, 3.8) is 0 Å². The van der Waals surface area contributed by atoms with Crippen molar-refractivity contribution >= 4 is 28.4 Å². The van der Waals surface area contributed by atoms with E-state index >= 15 is 0 Å². The second kappa shape index (κ2) is 8.09. The maximum absolute atomic E-state index is 13.7. The molecular formula is C27H22N4O4. The first-order valence-corrected chi connectivity index (χ1v) is 11.5. The highest BCUT2D eigenvalue weighted by Crippen LogP contribution is 2.42. The van der Waals surface area contributed by atoms with Gasteiger partial charge in [0.1, 0.15) is 12.6 Å². The first-order valence-electron chi connectivity index (χ1n) is 11.5. The second-order valence-corrected chi connectivity index (χ2v) is 9.01. The number of nitrogens with one attached hydrogen (secondary N) is 1. The van der Waals surface area contributed by atoms with Gasteiger partial charge in [-0.3, -0.25) is 19.7 Å². The van der Waals surface area contributed by atoms with Gasteiger partial charge in [-0.2, -0.15) is 0 Å². The smallest absolute Gasteiger partial charge is 0.269 e. The number of hydrogen-bond acceptors (Lipinski definition) is 4. The lowest BCUT2D eigenvalue weighted by molar-refractivity contribution is -0.384. The largest absolute Gasteiger partial charge is 0.356 e. The molecule has 0 unspecified atom stereocenters. The van der Waals surface area contributed by atoms with Gasteiger partial charge in [-0.25, -0.2) is 0 Å². The number of non-ortho nitro benzene ring substituents is 1. The van der Waals surface area contributed by atoms with E-state index in [9.17, 15) is 19.7 Å². The van der Waals surface area contributed by atoms with Gasteiger partial charge in [0.25, 0.3) is 5.69 Å². The van der Waals surface area contributed by atoms with E-state index in [-0.39, 0.29) is 24.0 Å². The molecule has 0 aliphatic carbocycles. The monoisotopic (exact) mass is 466 g/mol. The summed E-state index contributed by atoms with van der Waals surface area (Å²) in [6.45, 7) is 0.363. The minimum absolute atomic E-state index is 0.0106. The van der Waals surface area contributed by atoms with Crippen molar-refractivity contribution < 1.29 is 14.5 Å². The Morgan fingerprint density at radius 2 is 1.66 bits per heavy atom. The predicted octanol–water partition coefficient (Wildman–Crippen LogP) is 3.96. The Labute approximate surface area is 200 Å². The number of piperazine rings is 1. The summed E-state index contributed by atoms with van der Waals surface area (Å²) in [6.07, 6.45) is 0.415. The van der Waals surface area contributed by atoms with Crippen LogP contribution in [0.1, 0.15) is 28.4 Å². The van der Waals surface area contributed by atoms with Gasteiger partial charge in [0.2, 0.25) is 11.8 Å². The minimum atomic E-state index is -0.646. The molecule has 4 aromatic rings. The number of H-pyrrole nitrogens is 1. The second-order valence-electron chi connectivity index (χ2n) is 9.01. The van der Waals surface area contributed by atoms with Crippen LogP contribution in [0.2, 0.25) is 0 Å². The number of amides is 2. The molecule has 3 aromatic carbocycles. The summed E-state index contributed by atoms with van der Waals surface area (Å²) in [5.41, 5.74) is 4.48. The zero-order chi connectivity index (χ0) is 24.1. The quantitative estimate of drug-likeness (QED) is 0.363. The third-order valence-corrected chi connectivity index (χ3v) is 6.98. The van der Waals surface area contributed by atoms with Crippen LogP contribution in [0.4, 0.5) is 5.69 Å². The van der Waals surface area contributed by atoms with Crippen molar-refractivity contribution in [2.45, 2.75) is 25.0 Å². The zero-order valence-corrected chi connectivity index (χ0v) is 18.8. The van der Waals surface area contributed by atoms with E-state index in [0.29, 0.717) is 13.0 Å². The van der Waals surface area contributed by atoms with Crippen molar-refractivity contribution in [3.05, 3.63) is 111 Å². The SMILES string of the molecule is O=C1[C@@H]2Cc3c([nH]c4ccccc34)[C@H](c3ccc([N+](=O)[O-])cc3)N2C(=O)CN1Cc1ccccc1. The molecule has 0 bridgehead atoms. The topological polar surface area (TPSA) is 99.5 Å². The van der Waals surface area contributed by atoms with Crippen molar-refractivity contribution in [2.75, 3.05) is 6.54 Å². The molecule has 2 amide bonds. The summed E-state index contributed by atoms with van der Waals surface area (Å²) in [4.78, 5) is 44.8. The van der Waals surface area contributed by atoms with Crippen LogP contribution in [-0.2, 0) is 22.6 Å². The first-order chi connectivity index (χ1) is 17.0. The fourth-order valence-electron chi connectivity index (χ4n) is 5.39. The van der Waals surface area contributed by atoms with E-state index in [1.807, 2.05) is 54.6 Å². The van der Waals surface area contributed by atoms with Crippen LogP contribution < -0.4 is 0 Å². The molecule has 2 atom stereocenters. The zero-order valence-electron chi connectivity index (χ0n) is 18.8. The molecule has 0 radical (unpaired) electrons. The molecule has 1 N–H and O–H groups in total. The molecule has 174 valence electrons. The van der Waals surface area contributed by atoms with Crippen molar-refractivity contribution in [1.82, 2.24) is 14.8 Å². The third kappa shape index (κ3) is 3.45. The van der Waals surface area contributed by atoms with Crippen LogP contribution >= 0.6 is 0 Å². The maximum atomic E-state index is 13.7. The number of aromatic amines is 1. The highest BCUT2D eigenvalue weighted by atomic mass is 16.6. The van der Waals surface area contributed by atoms with Crippen molar-refractivity contribution in [1.29, 1.82) is 0 Å². The van der Waals surface area contributed by atoms with Gasteiger partial charge in [0.15, 0.2) is 0 Å². The number of aromatic nitrogens is 1. The summed E-state index contributed by atoms with van der Waals surface area (Å²) in [5.74, 6) is -0.227. The Bertz CT molecular complexity index is 1460. The minimum Gasteiger partial charge on any atom is -0.356 e. The van der Waals surface area contributed by atoms with Crippen LogP contribution in [0.15, 0.2) is 78.9 Å². The molecule has 3 heterocycles. The van der Waals surface area contributed by atoms with Crippen LogP contribution in [0.25, 0.3) is 10.9 Å². The van der Waals surface area contributed by atoms with Gasteiger partial charge in [-0.15, -0.1) is 0 Å². The lowest BCUT2D eigenvalue weighted by atomic mass is 9.86. The Kier molecular flexibility index (Phi) is 4.88. The molecule has 1 aromatic heterocycles. The molecule has 2 aliphatic rings. The standard InChI is InChI=1S/C27H22N4O4/c32-24-16-29(15-17-6-2-1-3-7-17)27(33)23-14-21-20-8-4-5-9-22(20)28-25(21)26(30(23)24)18-10-12-19(13-11-18)31(34)35/h1-13,23,26,28H,14-16H2/t23-,26-/m0/s1. The van der Waals surface area contributed by atoms with Gasteiger partial charge in [-0.1, -0.05) is 48.5 Å². The van der Waals surface area contributed by atoms with Crippen molar-refractivity contribution in [3.8, 4) is 0 Å². The normalized spacial score (nSPS) is 19.5. The molecule has 6 rings (SSSR count). The molecule has 2 aliphatic heterocycles. The predicted molar refractivity (Wildman–Crippen MR) is 129 cm³/mol. The maximum Gasteiger partial charge on any atom is 0.269 e. The lowest BCUT2D eigenvalue weighted by Crippen LogP contribution is -2.62. The Morgan fingerprint density at radius 3 is 2.40 bits per heavy atom. The van der Waals surface area contributed by atoms with E-state index in [0.717, 1.165) is 33.3 Å². The summed E-state index contributed by atoms with van der Waals surface area (Å²) in [6, 6.07) is 22.6. The van der Waals surface area contributed by atoms with Gasteiger partial charge in [-0.05, 0) is 34.9 Å². The molecule has 1 saturated heterocycles. The van der Waals surface area contributed by atoms with Gasteiger partial charge < -0.3 is 14.8 Å². The Morgan fingerprint density at radius 1 is 0.943 bits per heavy atom. The number of nitro benzene ring substituents is 1. The number of benzene rings is 3. The number of fused-ring (bicyclic) bond motifs is 4. The molecule has 0 spiro atoms. The van der Waals surface area contributed by atoms with Crippen LogP contribution in [-0.4, -0.2) is 44.1 Å².